The van der Waals surface area contributed by atoms with Crippen LogP contribution in [0.3, 0.4) is 0 Å². The molecule has 0 radical (unpaired) electrons. The van der Waals surface area contributed by atoms with E-state index in [0.29, 0.717) is 28.7 Å². The molecule has 3 fully saturated rings. The molecular formula is C27H32FN7O3. The predicted octanol–water partition coefficient (Wildman–Crippen LogP) is 3.70. The van der Waals surface area contributed by atoms with Crippen LogP contribution in [-0.2, 0) is 0 Å². The lowest BCUT2D eigenvalue weighted by Gasteiger charge is -2.52. The summed E-state index contributed by atoms with van der Waals surface area (Å²) < 4.78 is 26.2. The van der Waals surface area contributed by atoms with E-state index in [-0.39, 0.29) is 35.4 Å². The molecule has 38 heavy (non-hydrogen) atoms. The smallest absolute Gasteiger partial charge is 0.278 e. The Balaban J connectivity index is 1.25. The first-order valence-electron chi connectivity index (χ1n) is 13.1. The van der Waals surface area contributed by atoms with Crippen molar-refractivity contribution in [2.24, 2.45) is 0 Å². The van der Waals surface area contributed by atoms with E-state index in [0.717, 1.165) is 38.5 Å². The highest BCUT2D eigenvalue weighted by Gasteiger charge is 2.52. The third-order valence-corrected chi connectivity index (χ3v) is 8.00. The van der Waals surface area contributed by atoms with Crippen LogP contribution in [0, 0.1) is 0 Å². The van der Waals surface area contributed by atoms with Crippen molar-refractivity contribution in [3.05, 3.63) is 30.6 Å². The molecule has 2 saturated heterocycles. The molecule has 3 aromatic rings. The van der Waals surface area contributed by atoms with Gasteiger partial charge in [-0.1, -0.05) is 6.07 Å². The van der Waals surface area contributed by atoms with Gasteiger partial charge in [0.2, 0.25) is 0 Å². The van der Waals surface area contributed by atoms with Crippen molar-refractivity contribution in [2.45, 2.75) is 75.3 Å². The highest BCUT2D eigenvalue weighted by molar-refractivity contribution is 5.71. The van der Waals surface area contributed by atoms with Gasteiger partial charge in [-0.15, -0.1) is 10.2 Å². The molecule has 3 aliphatic rings. The molecule has 0 amide bonds. The molecule has 2 bridgehead atoms. The maximum atomic E-state index is 15.9. The maximum absolute atomic E-state index is 15.9. The summed E-state index contributed by atoms with van der Waals surface area (Å²) in [5, 5.41) is 23.1. The van der Waals surface area contributed by atoms with Crippen LogP contribution in [-0.4, -0.2) is 74.3 Å². The molecule has 10 nitrogen and oxygen atoms in total. The van der Waals surface area contributed by atoms with Gasteiger partial charge in [-0.2, -0.15) is 0 Å². The topological polar surface area (TPSA) is 118 Å². The minimum absolute atomic E-state index is 0.0180. The second kappa shape index (κ2) is 9.61. The number of aromatic hydroxyl groups is 1. The Bertz CT molecular complexity index is 1320. The van der Waals surface area contributed by atoms with Crippen molar-refractivity contribution >= 4 is 5.82 Å². The van der Waals surface area contributed by atoms with E-state index in [9.17, 15) is 5.11 Å². The number of piperidine rings is 2. The summed E-state index contributed by atoms with van der Waals surface area (Å²) in [6.45, 7) is 2.01. The van der Waals surface area contributed by atoms with E-state index in [4.69, 9.17) is 9.47 Å². The average Bonchev–Trinajstić information content (AvgIpc) is 3.77. The molecule has 4 heterocycles. The normalized spacial score (nSPS) is 26.6. The summed E-state index contributed by atoms with van der Waals surface area (Å²) in [7, 11) is 2.98. The van der Waals surface area contributed by atoms with Gasteiger partial charge < -0.3 is 24.8 Å². The summed E-state index contributed by atoms with van der Waals surface area (Å²) >= 11 is 0. The molecule has 4 atom stereocenters. The number of anilines is 1. The first-order chi connectivity index (χ1) is 18.4. The largest absolute Gasteiger partial charge is 0.507 e. The van der Waals surface area contributed by atoms with Crippen LogP contribution in [0.4, 0.5) is 10.2 Å². The van der Waals surface area contributed by atoms with E-state index in [1.165, 1.54) is 14.2 Å². The van der Waals surface area contributed by atoms with Gasteiger partial charge in [0.15, 0.2) is 11.6 Å². The Labute approximate surface area is 220 Å². The van der Waals surface area contributed by atoms with Crippen LogP contribution in [0.5, 0.6) is 17.5 Å². The standard InChI is InChI=1S/C27H32FN7O3/c1-27-10-4-5-16(32-27)12-20(23(27)28)35(17-7-8-17)22-14-29-24(34-33-22)18-9-6-15(11-21(18)36)19-13-30-25(37-2)26(31-19)38-3/h6,9,11,13-14,16-17,20,23,32,36H,4-5,7-8,10,12H2,1-3H3/t16-,20+,23+,27-/m0/s1. The van der Waals surface area contributed by atoms with Crippen molar-refractivity contribution in [3.8, 4) is 40.2 Å². The molecule has 2 aromatic heterocycles. The number of phenolic OH excluding ortho intramolecular Hbond substituents is 1. The Hall–Kier alpha value is -3.60. The average molecular weight is 522 g/mol. The number of nitrogens with zero attached hydrogens (tertiary/aromatic N) is 6. The number of benzene rings is 1. The van der Waals surface area contributed by atoms with Gasteiger partial charge >= 0.3 is 0 Å². The number of rotatable bonds is 7. The van der Waals surface area contributed by atoms with E-state index in [1.54, 1.807) is 30.6 Å². The molecule has 2 aliphatic heterocycles. The second-order valence-corrected chi connectivity index (χ2v) is 10.6. The summed E-state index contributed by atoms with van der Waals surface area (Å²) in [5.41, 5.74) is 1.08. The molecular weight excluding hydrogens is 489 g/mol. The molecule has 11 heteroatoms. The SMILES string of the molecule is COc1ncc(-c2ccc(-c3ncc(N(C4CC4)[C@@H]4C[C@@H]5CCC[C@](C)(N5)[C@@H]4F)nn3)c(O)c2)nc1OC. The zero-order valence-electron chi connectivity index (χ0n) is 21.8. The lowest BCUT2D eigenvalue weighted by Crippen LogP contribution is -2.69. The zero-order valence-corrected chi connectivity index (χ0v) is 21.8. The minimum atomic E-state index is -1.00. The quantitative estimate of drug-likeness (QED) is 0.476. The number of hydrogen-bond acceptors (Lipinski definition) is 10. The number of phenols is 1. The monoisotopic (exact) mass is 521 g/mol. The number of nitrogens with one attached hydrogen (secondary N) is 1. The minimum Gasteiger partial charge on any atom is -0.507 e. The fourth-order valence-electron chi connectivity index (χ4n) is 5.96. The molecule has 1 saturated carbocycles. The van der Waals surface area contributed by atoms with Crippen LogP contribution in [0.15, 0.2) is 30.6 Å². The highest BCUT2D eigenvalue weighted by Crippen LogP contribution is 2.43. The Morgan fingerprint density at radius 3 is 2.58 bits per heavy atom. The van der Waals surface area contributed by atoms with Gasteiger partial charge in [0.25, 0.3) is 11.8 Å². The third kappa shape index (κ3) is 4.38. The van der Waals surface area contributed by atoms with Gasteiger partial charge in [-0.25, -0.2) is 19.3 Å². The number of methoxy groups -OCH3 is 2. The van der Waals surface area contributed by atoms with Crippen LogP contribution in [0.1, 0.15) is 45.4 Å². The Kier molecular flexibility index (Phi) is 6.25. The first kappa shape index (κ1) is 24.7. The summed E-state index contributed by atoms with van der Waals surface area (Å²) in [5.74, 6) is 1.38. The van der Waals surface area contributed by atoms with Crippen LogP contribution >= 0.6 is 0 Å². The van der Waals surface area contributed by atoms with Gasteiger partial charge in [-0.3, -0.25) is 0 Å². The fourth-order valence-corrected chi connectivity index (χ4v) is 5.96. The Morgan fingerprint density at radius 2 is 1.89 bits per heavy atom. The van der Waals surface area contributed by atoms with E-state index in [1.807, 2.05) is 6.92 Å². The predicted molar refractivity (Wildman–Crippen MR) is 139 cm³/mol. The number of alkyl halides is 1. The van der Waals surface area contributed by atoms with Gasteiger partial charge in [0, 0.05) is 23.2 Å². The summed E-state index contributed by atoms with van der Waals surface area (Å²) in [6, 6.07) is 5.40. The van der Waals surface area contributed by atoms with Crippen LogP contribution < -0.4 is 19.7 Å². The second-order valence-electron chi connectivity index (χ2n) is 10.6. The van der Waals surface area contributed by atoms with E-state index >= 15 is 4.39 Å². The number of hydrogen-bond donors (Lipinski definition) is 2. The van der Waals surface area contributed by atoms with Crippen LogP contribution in [0.2, 0.25) is 0 Å². The van der Waals surface area contributed by atoms with Crippen molar-refractivity contribution in [1.82, 2.24) is 30.5 Å². The molecule has 0 unspecified atom stereocenters. The zero-order chi connectivity index (χ0) is 26.4. The van der Waals surface area contributed by atoms with Crippen molar-refractivity contribution in [2.75, 3.05) is 19.1 Å². The van der Waals surface area contributed by atoms with E-state index in [2.05, 4.69) is 35.4 Å². The maximum Gasteiger partial charge on any atom is 0.278 e. The molecule has 6 rings (SSSR count). The number of fused-ring (bicyclic) bond motifs is 2. The van der Waals surface area contributed by atoms with Crippen LogP contribution in [0.25, 0.3) is 22.6 Å². The third-order valence-electron chi connectivity index (χ3n) is 8.00. The molecule has 2 N–H and O–H groups in total. The first-order valence-corrected chi connectivity index (χ1v) is 13.1. The Morgan fingerprint density at radius 1 is 1.08 bits per heavy atom. The molecule has 1 aliphatic carbocycles. The number of ether oxygens (including phenoxy) is 2. The summed E-state index contributed by atoms with van der Waals surface area (Å²) in [6.07, 6.45) is 7.95. The number of halogens is 1. The van der Waals surface area contributed by atoms with Gasteiger partial charge in [0.1, 0.15) is 11.9 Å². The lowest BCUT2D eigenvalue weighted by molar-refractivity contribution is 0.0385. The molecule has 1 aromatic carbocycles. The van der Waals surface area contributed by atoms with E-state index < -0.39 is 11.7 Å². The lowest BCUT2D eigenvalue weighted by atomic mass is 9.73. The number of aromatic nitrogens is 5. The van der Waals surface area contributed by atoms with Gasteiger partial charge in [-0.05, 0) is 57.6 Å². The molecule has 0 spiro atoms. The van der Waals surface area contributed by atoms with Gasteiger partial charge in [0.05, 0.1) is 43.9 Å². The summed E-state index contributed by atoms with van der Waals surface area (Å²) in [4.78, 5) is 15.2. The molecule has 200 valence electrons. The fraction of sp³-hybridized carbons (Fsp3) is 0.519. The van der Waals surface area contributed by atoms with Crippen molar-refractivity contribution in [3.63, 3.8) is 0 Å². The van der Waals surface area contributed by atoms with Crippen molar-refractivity contribution in [1.29, 1.82) is 0 Å². The van der Waals surface area contributed by atoms with Crippen molar-refractivity contribution < 1.29 is 19.0 Å². The highest BCUT2D eigenvalue weighted by atomic mass is 19.1.